The average Bonchev–Trinajstić information content (AvgIpc) is 3.09. The topological polar surface area (TPSA) is 101 Å². The van der Waals surface area contributed by atoms with Crippen molar-refractivity contribution in [3.05, 3.63) is 51.2 Å². The molecule has 1 aromatic carbocycles. The molecule has 10 heteroatoms. The van der Waals surface area contributed by atoms with E-state index in [1.807, 2.05) is 55.0 Å². The van der Waals surface area contributed by atoms with Gasteiger partial charge in [-0.25, -0.2) is 4.68 Å². The normalized spacial score (nSPS) is 16.0. The Balaban J connectivity index is 1.70. The zero-order valence-electron chi connectivity index (χ0n) is 18.4. The summed E-state index contributed by atoms with van der Waals surface area (Å²) in [6.45, 7) is 1.37. The lowest BCUT2D eigenvalue weighted by molar-refractivity contribution is -0.403. The molecule has 1 saturated carbocycles. The Morgan fingerprint density at radius 2 is 2.03 bits per heavy atom. The van der Waals surface area contributed by atoms with Crippen LogP contribution in [0.5, 0.6) is 0 Å². The highest BCUT2D eigenvalue weighted by Gasteiger charge is 2.13. The number of rotatable bonds is 9. The molecular weight excluding hydrogens is 414 g/mol. The van der Waals surface area contributed by atoms with Gasteiger partial charge in [-0.1, -0.05) is 30.6 Å². The standard InChI is InChI=1S/C21H31N7O2S/c1-26(2)14-13-22-19(15-28(29)30)23-18-11-9-16(10-12-18)20-25-27(3)21(31-20)24-17-7-5-4-6-8-17/h9-12,15,17,22-23H,4-8,13-14H2,1-3H3/b19-15+,24-21?. The zero-order valence-corrected chi connectivity index (χ0v) is 19.2. The second-order valence-electron chi connectivity index (χ2n) is 7.99. The Kier molecular flexibility index (Phi) is 8.19. The van der Waals surface area contributed by atoms with Crippen LogP contribution in [0.2, 0.25) is 0 Å². The van der Waals surface area contributed by atoms with Gasteiger partial charge in [0.15, 0.2) is 5.82 Å². The fourth-order valence-corrected chi connectivity index (χ4v) is 4.40. The van der Waals surface area contributed by atoms with E-state index in [0.29, 0.717) is 18.4 Å². The fraction of sp³-hybridized carbons (Fsp3) is 0.524. The van der Waals surface area contributed by atoms with Gasteiger partial charge in [-0.2, -0.15) is 5.10 Å². The quantitative estimate of drug-likeness (QED) is 0.455. The van der Waals surface area contributed by atoms with Crippen molar-refractivity contribution in [2.75, 3.05) is 32.5 Å². The summed E-state index contributed by atoms with van der Waals surface area (Å²) in [6, 6.07) is 8.14. The number of nitrogens with zero attached hydrogens (tertiary/aromatic N) is 5. The Bertz CT molecular complexity index is 957. The third-order valence-electron chi connectivity index (χ3n) is 5.09. The molecule has 1 heterocycles. The van der Waals surface area contributed by atoms with Crippen LogP contribution in [-0.2, 0) is 7.05 Å². The van der Waals surface area contributed by atoms with Gasteiger partial charge in [0.1, 0.15) is 5.01 Å². The van der Waals surface area contributed by atoms with Crippen molar-refractivity contribution in [2.45, 2.75) is 38.1 Å². The summed E-state index contributed by atoms with van der Waals surface area (Å²) in [6.07, 6.45) is 7.11. The van der Waals surface area contributed by atoms with E-state index in [-0.39, 0.29) is 0 Å². The first kappa shape index (κ1) is 23.0. The van der Waals surface area contributed by atoms with Crippen molar-refractivity contribution in [2.24, 2.45) is 12.0 Å². The van der Waals surface area contributed by atoms with Crippen LogP contribution in [0, 0.1) is 10.1 Å². The minimum absolute atomic E-state index is 0.355. The molecule has 0 spiro atoms. The van der Waals surface area contributed by atoms with Crippen LogP contribution in [0.4, 0.5) is 5.69 Å². The maximum atomic E-state index is 10.9. The van der Waals surface area contributed by atoms with Crippen molar-refractivity contribution in [1.29, 1.82) is 0 Å². The third-order valence-corrected chi connectivity index (χ3v) is 6.16. The number of aryl methyl sites for hydroxylation is 1. The van der Waals surface area contributed by atoms with Crippen LogP contribution in [-0.4, -0.2) is 52.8 Å². The zero-order chi connectivity index (χ0) is 22.2. The highest BCUT2D eigenvalue weighted by atomic mass is 32.1. The second-order valence-corrected chi connectivity index (χ2v) is 8.95. The number of benzene rings is 1. The van der Waals surface area contributed by atoms with Crippen LogP contribution >= 0.6 is 11.3 Å². The van der Waals surface area contributed by atoms with Crippen molar-refractivity contribution >= 4 is 17.0 Å². The Labute approximate surface area is 186 Å². The van der Waals surface area contributed by atoms with E-state index in [9.17, 15) is 10.1 Å². The molecule has 2 aromatic rings. The van der Waals surface area contributed by atoms with E-state index >= 15 is 0 Å². The summed E-state index contributed by atoms with van der Waals surface area (Å²) in [5.74, 6) is 0.355. The molecule has 0 amide bonds. The summed E-state index contributed by atoms with van der Waals surface area (Å²) in [7, 11) is 5.85. The minimum atomic E-state index is -0.466. The molecule has 0 unspecified atom stereocenters. The number of hydrogen-bond donors (Lipinski definition) is 2. The Morgan fingerprint density at radius 1 is 1.32 bits per heavy atom. The van der Waals surface area contributed by atoms with Crippen LogP contribution in [0.15, 0.2) is 41.3 Å². The molecule has 0 atom stereocenters. The highest BCUT2D eigenvalue weighted by Crippen LogP contribution is 2.23. The SMILES string of the molecule is CN(C)CCN/C(=C\[N+](=O)[O-])Nc1ccc(-c2nn(C)c(=NC3CCCCC3)s2)cc1. The van der Waals surface area contributed by atoms with Gasteiger partial charge in [0.25, 0.3) is 6.20 Å². The van der Waals surface area contributed by atoms with E-state index in [0.717, 1.165) is 46.6 Å². The molecule has 0 bridgehead atoms. The first-order valence-electron chi connectivity index (χ1n) is 10.6. The monoisotopic (exact) mass is 445 g/mol. The van der Waals surface area contributed by atoms with Gasteiger partial charge < -0.3 is 15.5 Å². The molecular formula is C21H31N7O2S. The summed E-state index contributed by atoms with van der Waals surface area (Å²) >= 11 is 1.60. The van der Waals surface area contributed by atoms with Crippen molar-refractivity contribution < 1.29 is 4.92 Å². The van der Waals surface area contributed by atoms with Gasteiger partial charge in [-0.05, 0) is 51.2 Å². The molecule has 0 saturated heterocycles. The van der Waals surface area contributed by atoms with Crippen LogP contribution in [0.25, 0.3) is 10.6 Å². The predicted molar refractivity (Wildman–Crippen MR) is 124 cm³/mol. The molecule has 9 nitrogen and oxygen atoms in total. The van der Waals surface area contributed by atoms with E-state index < -0.39 is 4.92 Å². The van der Waals surface area contributed by atoms with Crippen LogP contribution < -0.4 is 15.4 Å². The van der Waals surface area contributed by atoms with Gasteiger partial charge in [0.2, 0.25) is 4.80 Å². The molecule has 1 aromatic heterocycles. The molecule has 1 aliphatic carbocycles. The highest BCUT2D eigenvalue weighted by molar-refractivity contribution is 7.12. The molecule has 2 N–H and O–H groups in total. The molecule has 168 valence electrons. The average molecular weight is 446 g/mol. The van der Waals surface area contributed by atoms with E-state index in [1.54, 1.807) is 11.3 Å². The summed E-state index contributed by atoms with van der Waals surface area (Å²) in [4.78, 5) is 18.3. The second kappa shape index (κ2) is 11.1. The molecule has 31 heavy (non-hydrogen) atoms. The van der Waals surface area contributed by atoms with Crippen molar-refractivity contribution in [3.63, 3.8) is 0 Å². The van der Waals surface area contributed by atoms with E-state index in [1.165, 1.54) is 19.3 Å². The summed E-state index contributed by atoms with van der Waals surface area (Å²) < 4.78 is 1.85. The number of likely N-dealkylation sites (N-methyl/N-ethyl adjacent to an activating group) is 1. The summed E-state index contributed by atoms with van der Waals surface area (Å²) in [5, 5.41) is 22.6. The minimum Gasteiger partial charge on any atom is -0.365 e. The fourth-order valence-electron chi connectivity index (χ4n) is 3.44. The predicted octanol–water partition coefficient (Wildman–Crippen LogP) is 3.02. The molecule has 1 aliphatic rings. The van der Waals surface area contributed by atoms with Gasteiger partial charge in [0, 0.05) is 31.4 Å². The molecule has 0 radical (unpaired) electrons. The van der Waals surface area contributed by atoms with Gasteiger partial charge in [-0.3, -0.25) is 15.1 Å². The maximum absolute atomic E-state index is 10.9. The number of nitrogens with one attached hydrogen (secondary N) is 2. The Hall–Kier alpha value is -2.72. The van der Waals surface area contributed by atoms with Crippen molar-refractivity contribution in [1.82, 2.24) is 20.0 Å². The van der Waals surface area contributed by atoms with Crippen molar-refractivity contribution in [3.8, 4) is 10.6 Å². The number of hydrogen-bond acceptors (Lipinski definition) is 8. The first-order chi connectivity index (χ1) is 14.9. The Morgan fingerprint density at radius 3 is 2.68 bits per heavy atom. The number of aromatic nitrogens is 2. The van der Waals surface area contributed by atoms with Gasteiger partial charge >= 0.3 is 0 Å². The lowest BCUT2D eigenvalue weighted by atomic mass is 9.96. The first-order valence-corrected chi connectivity index (χ1v) is 11.4. The van der Waals surface area contributed by atoms with Crippen LogP contribution in [0.1, 0.15) is 32.1 Å². The molecule has 0 aliphatic heterocycles. The van der Waals surface area contributed by atoms with Crippen LogP contribution in [0.3, 0.4) is 0 Å². The van der Waals surface area contributed by atoms with E-state index in [2.05, 4.69) is 15.7 Å². The maximum Gasteiger partial charge on any atom is 0.274 e. The van der Waals surface area contributed by atoms with Gasteiger partial charge in [0.05, 0.1) is 11.0 Å². The third kappa shape index (κ3) is 7.18. The number of nitro groups is 1. The summed E-state index contributed by atoms with van der Waals surface area (Å²) in [5.41, 5.74) is 1.76. The smallest absolute Gasteiger partial charge is 0.274 e. The van der Waals surface area contributed by atoms with Gasteiger partial charge in [-0.15, -0.1) is 0 Å². The molecule has 3 rings (SSSR count). The largest absolute Gasteiger partial charge is 0.365 e. The molecule has 1 fully saturated rings. The number of anilines is 1. The lowest BCUT2D eigenvalue weighted by Gasteiger charge is -2.16. The lowest BCUT2D eigenvalue weighted by Crippen LogP contribution is -2.29. The van der Waals surface area contributed by atoms with E-state index in [4.69, 9.17) is 4.99 Å².